The fourth-order valence-corrected chi connectivity index (χ4v) is 8.16. The van der Waals surface area contributed by atoms with Crippen LogP contribution in [0.25, 0.3) is 11.1 Å². The Kier molecular flexibility index (Phi) is 9.08. The van der Waals surface area contributed by atoms with E-state index in [2.05, 4.69) is 31.6 Å². The summed E-state index contributed by atoms with van der Waals surface area (Å²) in [5, 5.41) is 3.17. The van der Waals surface area contributed by atoms with Crippen LogP contribution in [0, 0.1) is 5.82 Å². The summed E-state index contributed by atoms with van der Waals surface area (Å²) < 4.78 is 30.2. The highest BCUT2D eigenvalue weighted by Gasteiger charge is 2.34. The van der Waals surface area contributed by atoms with Crippen molar-refractivity contribution in [3.8, 4) is 11.1 Å². The first kappa shape index (κ1) is 34.1. The van der Waals surface area contributed by atoms with Crippen molar-refractivity contribution >= 4 is 34.8 Å². The van der Waals surface area contributed by atoms with Gasteiger partial charge < -0.3 is 33.7 Å². The van der Waals surface area contributed by atoms with E-state index in [1.807, 2.05) is 24.4 Å². The van der Waals surface area contributed by atoms with Gasteiger partial charge in [0.1, 0.15) is 23.9 Å². The fourth-order valence-electron chi connectivity index (χ4n) is 8.16. The maximum absolute atomic E-state index is 15.6. The molecule has 272 valence electrons. The monoisotopic (exact) mass is 709 g/mol. The van der Waals surface area contributed by atoms with Crippen molar-refractivity contribution in [1.29, 1.82) is 0 Å². The van der Waals surface area contributed by atoms with Gasteiger partial charge in [0.2, 0.25) is 0 Å². The molecule has 0 saturated carbocycles. The SMILES string of the molecule is CC(=O)OCc1c(-c2cc(Nc3ccc(N4CCN(C5COC5)C[C@@H]4C)cn3)c(=O)n(C)c2)cc(F)cc1N1CCc2c(cc3n2CCCC3)C1=O. The molecular formula is C39H44FN7O5. The van der Waals surface area contributed by atoms with Gasteiger partial charge in [-0.25, -0.2) is 9.37 Å². The molecule has 0 bridgehead atoms. The predicted molar refractivity (Wildman–Crippen MR) is 196 cm³/mol. The lowest BCUT2D eigenvalue weighted by atomic mass is 9.96. The van der Waals surface area contributed by atoms with E-state index in [0.29, 0.717) is 58.8 Å². The Labute approximate surface area is 301 Å². The average molecular weight is 710 g/mol. The first-order valence-electron chi connectivity index (χ1n) is 18.2. The Bertz CT molecular complexity index is 2090. The van der Waals surface area contributed by atoms with Gasteiger partial charge in [-0.3, -0.25) is 19.3 Å². The number of fused-ring (bicyclic) bond motifs is 3. The van der Waals surface area contributed by atoms with Crippen molar-refractivity contribution in [3.05, 3.63) is 87.5 Å². The number of nitrogens with zero attached hydrogens (tertiary/aromatic N) is 6. The van der Waals surface area contributed by atoms with Crippen LogP contribution in [-0.2, 0) is 47.3 Å². The zero-order valence-corrected chi connectivity index (χ0v) is 29.9. The van der Waals surface area contributed by atoms with Gasteiger partial charge in [-0.2, -0.15) is 0 Å². The number of ether oxygens (including phenoxy) is 2. The van der Waals surface area contributed by atoms with Gasteiger partial charge in [-0.05, 0) is 68.1 Å². The number of hydrogen-bond donors (Lipinski definition) is 1. The normalized spacial score (nSPS) is 19.2. The number of amides is 1. The Hall–Kier alpha value is -5.01. The molecule has 1 amide bonds. The molecule has 4 aliphatic rings. The molecule has 0 radical (unpaired) electrons. The number of aromatic nitrogens is 3. The number of hydrogen-bond acceptors (Lipinski definition) is 9. The van der Waals surface area contributed by atoms with Gasteiger partial charge in [0.25, 0.3) is 11.5 Å². The highest BCUT2D eigenvalue weighted by molar-refractivity contribution is 6.09. The van der Waals surface area contributed by atoms with Crippen LogP contribution in [0.4, 0.5) is 27.3 Å². The lowest BCUT2D eigenvalue weighted by Crippen LogP contribution is -2.59. The zero-order chi connectivity index (χ0) is 36.1. The van der Waals surface area contributed by atoms with Crippen LogP contribution in [0.5, 0.6) is 0 Å². The van der Waals surface area contributed by atoms with Crippen LogP contribution >= 0.6 is 0 Å². The van der Waals surface area contributed by atoms with Crippen LogP contribution in [0.15, 0.2) is 53.6 Å². The summed E-state index contributed by atoms with van der Waals surface area (Å²) in [5.74, 6) is -0.774. The van der Waals surface area contributed by atoms with E-state index in [9.17, 15) is 14.4 Å². The van der Waals surface area contributed by atoms with Crippen molar-refractivity contribution in [2.75, 3.05) is 54.5 Å². The third kappa shape index (κ3) is 6.36. The maximum Gasteiger partial charge on any atom is 0.302 e. The van der Waals surface area contributed by atoms with Gasteiger partial charge in [0.15, 0.2) is 0 Å². The topological polar surface area (TPSA) is 114 Å². The first-order chi connectivity index (χ1) is 25.1. The predicted octanol–water partition coefficient (Wildman–Crippen LogP) is 4.64. The van der Waals surface area contributed by atoms with E-state index in [-0.39, 0.29) is 23.8 Å². The molecule has 2 fully saturated rings. The highest BCUT2D eigenvalue weighted by atomic mass is 19.1. The minimum absolute atomic E-state index is 0.182. The molecule has 4 aliphatic heterocycles. The minimum atomic E-state index is -0.553. The molecule has 1 atom stereocenters. The third-order valence-electron chi connectivity index (χ3n) is 10.9. The smallest absolute Gasteiger partial charge is 0.302 e. The maximum atomic E-state index is 15.6. The van der Waals surface area contributed by atoms with E-state index >= 15 is 4.39 Å². The molecule has 2 saturated heterocycles. The summed E-state index contributed by atoms with van der Waals surface area (Å²) >= 11 is 0. The Morgan fingerprint density at radius 1 is 1.04 bits per heavy atom. The van der Waals surface area contributed by atoms with Crippen LogP contribution in [-0.4, -0.2) is 82.4 Å². The number of pyridine rings is 2. The lowest BCUT2D eigenvalue weighted by Gasteiger charge is -2.46. The summed E-state index contributed by atoms with van der Waals surface area (Å²) in [6.45, 7) is 9.01. The van der Waals surface area contributed by atoms with Crippen LogP contribution in [0.1, 0.15) is 54.0 Å². The van der Waals surface area contributed by atoms with E-state index in [1.165, 1.54) is 23.6 Å². The fraction of sp³-hybridized carbons (Fsp3) is 0.436. The number of carbonyl (C=O) groups is 2. The molecule has 7 heterocycles. The Morgan fingerprint density at radius 3 is 2.62 bits per heavy atom. The van der Waals surface area contributed by atoms with Gasteiger partial charge in [-0.1, -0.05) is 0 Å². The number of aryl methyl sites for hydroxylation is 2. The number of anilines is 4. The van der Waals surface area contributed by atoms with Crippen LogP contribution < -0.4 is 20.7 Å². The Balaban J connectivity index is 1.09. The van der Waals surface area contributed by atoms with E-state index in [1.54, 1.807) is 24.2 Å². The summed E-state index contributed by atoms with van der Waals surface area (Å²) in [7, 11) is 1.63. The lowest BCUT2D eigenvalue weighted by molar-refractivity contribution is -0.142. The standard InChI is InChI=1S/C39H44FN7O5/c1-24-19-44(30-21-51-22-30)12-13-45(24)29-7-8-37(41-18-29)42-34-14-26(20-43(3)39(34)50)31-15-27(40)16-36(33(31)23-52-25(2)48)47-11-9-35-32(38(47)49)17-28-6-4-5-10-46(28)35/h7-8,14-18,20,24,30H,4-6,9-13,19,21-23H2,1-3H3,(H,41,42)/t24-/m0/s1. The zero-order valence-electron chi connectivity index (χ0n) is 29.9. The van der Waals surface area contributed by atoms with Gasteiger partial charge in [0, 0.05) is 87.9 Å². The molecule has 1 aromatic carbocycles. The molecule has 0 spiro atoms. The van der Waals surface area contributed by atoms with Crippen molar-refractivity contribution in [3.63, 3.8) is 0 Å². The molecule has 0 unspecified atom stereocenters. The van der Waals surface area contributed by atoms with E-state index in [0.717, 1.165) is 75.7 Å². The van der Waals surface area contributed by atoms with Gasteiger partial charge in [-0.15, -0.1) is 0 Å². The number of halogens is 1. The molecule has 12 nitrogen and oxygen atoms in total. The molecule has 52 heavy (non-hydrogen) atoms. The van der Waals surface area contributed by atoms with Crippen molar-refractivity contribution in [2.24, 2.45) is 7.05 Å². The average Bonchev–Trinajstić information content (AvgIpc) is 3.49. The first-order valence-corrected chi connectivity index (χ1v) is 18.2. The number of piperazine rings is 1. The Morgan fingerprint density at radius 2 is 1.88 bits per heavy atom. The second-order valence-corrected chi connectivity index (χ2v) is 14.4. The van der Waals surface area contributed by atoms with E-state index in [4.69, 9.17) is 9.47 Å². The number of carbonyl (C=O) groups excluding carboxylic acids is 2. The highest BCUT2D eigenvalue weighted by Crippen LogP contribution is 2.38. The third-order valence-corrected chi connectivity index (χ3v) is 10.9. The largest absolute Gasteiger partial charge is 0.461 e. The molecular weight excluding hydrogens is 665 g/mol. The number of benzene rings is 1. The summed E-state index contributed by atoms with van der Waals surface area (Å²) in [6.07, 6.45) is 7.16. The van der Waals surface area contributed by atoms with Crippen molar-refractivity contribution in [1.82, 2.24) is 19.0 Å². The van der Waals surface area contributed by atoms with Gasteiger partial charge >= 0.3 is 5.97 Å². The van der Waals surface area contributed by atoms with Crippen molar-refractivity contribution in [2.45, 2.75) is 64.8 Å². The second-order valence-electron chi connectivity index (χ2n) is 14.4. The summed E-state index contributed by atoms with van der Waals surface area (Å²) in [5.41, 5.74) is 5.52. The molecule has 4 aromatic rings. The molecule has 1 N–H and O–H groups in total. The van der Waals surface area contributed by atoms with E-state index < -0.39 is 11.8 Å². The quantitative estimate of drug-likeness (QED) is 0.262. The number of esters is 1. The van der Waals surface area contributed by atoms with Crippen LogP contribution in [0.3, 0.4) is 0 Å². The number of nitrogens with one attached hydrogen (secondary N) is 1. The number of rotatable bonds is 8. The molecule has 3 aromatic heterocycles. The van der Waals surface area contributed by atoms with Gasteiger partial charge in [0.05, 0.1) is 42.4 Å². The summed E-state index contributed by atoms with van der Waals surface area (Å²) in [4.78, 5) is 50.6. The second kappa shape index (κ2) is 13.8. The summed E-state index contributed by atoms with van der Waals surface area (Å²) in [6, 6.07) is 11.0. The molecule has 8 rings (SSSR count). The van der Waals surface area contributed by atoms with Crippen molar-refractivity contribution < 1.29 is 23.5 Å². The molecule has 0 aliphatic carbocycles. The molecule has 13 heteroatoms. The minimum Gasteiger partial charge on any atom is -0.461 e. The van der Waals surface area contributed by atoms with Crippen LogP contribution in [0.2, 0.25) is 0 Å².